The highest BCUT2D eigenvalue weighted by molar-refractivity contribution is 6.31. The average Bonchev–Trinajstić information content (AvgIpc) is 3.17. The number of ether oxygens (including phenoxy) is 3. The minimum absolute atomic E-state index is 0.133. The van der Waals surface area contributed by atoms with Gasteiger partial charge in [-0.1, -0.05) is 41.4 Å². The van der Waals surface area contributed by atoms with Crippen molar-refractivity contribution in [3.63, 3.8) is 0 Å². The smallest absolute Gasteiger partial charge is 0.363 e. The van der Waals surface area contributed by atoms with Crippen LogP contribution in [0.25, 0.3) is 6.08 Å². The molecule has 33 heavy (non-hydrogen) atoms. The lowest BCUT2D eigenvalue weighted by molar-refractivity contribution is -0.129. The molecule has 0 atom stereocenters. The van der Waals surface area contributed by atoms with Gasteiger partial charge in [-0.25, -0.2) is 14.6 Å². The van der Waals surface area contributed by atoms with Crippen LogP contribution in [0.5, 0.6) is 11.5 Å². The van der Waals surface area contributed by atoms with Gasteiger partial charge in [0.1, 0.15) is 0 Å². The van der Waals surface area contributed by atoms with Crippen molar-refractivity contribution in [2.24, 2.45) is 4.99 Å². The van der Waals surface area contributed by atoms with E-state index < -0.39 is 11.9 Å². The number of aryl methyl sites for hydroxylation is 2. The number of halogens is 1. The first-order valence-electron chi connectivity index (χ1n) is 10.1. The highest BCUT2D eigenvalue weighted by Gasteiger charge is 2.24. The number of cyclic esters (lactones) is 1. The van der Waals surface area contributed by atoms with Crippen LogP contribution in [0.4, 0.5) is 0 Å². The number of esters is 2. The van der Waals surface area contributed by atoms with E-state index >= 15 is 0 Å². The molecule has 0 amide bonds. The van der Waals surface area contributed by atoms with Gasteiger partial charge in [-0.05, 0) is 67.4 Å². The number of hydrogen-bond acceptors (Lipinski definition) is 6. The van der Waals surface area contributed by atoms with Crippen molar-refractivity contribution in [1.29, 1.82) is 0 Å². The molecular formula is C26H20ClNO5. The Morgan fingerprint density at radius 2 is 1.76 bits per heavy atom. The Bertz CT molecular complexity index is 1310. The van der Waals surface area contributed by atoms with Crippen LogP contribution in [0, 0.1) is 13.8 Å². The SMILES string of the molecule is COc1cc(/C=C2\N=C(c3ccc(C)c(Cl)c3)OC2=O)ccc1OC(=O)c1ccc(C)cc1. The molecule has 7 heteroatoms. The summed E-state index contributed by atoms with van der Waals surface area (Å²) < 4.78 is 16.2. The lowest BCUT2D eigenvalue weighted by Crippen LogP contribution is -2.09. The standard InChI is InChI=1S/C26H20ClNO5/c1-15-4-8-18(9-5-15)25(29)32-22-11-7-17(13-23(22)31-3)12-21-26(30)33-24(28-21)19-10-6-16(2)20(27)14-19/h4-14H,1-3H3/b21-12-. The van der Waals surface area contributed by atoms with Gasteiger partial charge in [-0.3, -0.25) is 0 Å². The lowest BCUT2D eigenvalue weighted by Gasteiger charge is -2.10. The van der Waals surface area contributed by atoms with Gasteiger partial charge in [-0.15, -0.1) is 0 Å². The van der Waals surface area contributed by atoms with Crippen LogP contribution in [0.1, 0.15) is 32.6 Å². The quantitative estimate of drug-likeness (QED) is 0.284. The largest absolute Gasteiger partial charge is 0.493 e. The topological polar surface area (TPSA) is 74.2 Å². The summed E-state index contributed by atoms with van der Waals surface area (Å²) in [6.07, 6.45) is 1.57. The highest BCUT2D eigenvalue weighted by atomic mass is 35.5. The van der Waals surface area contributed by atoms with Gasteiger partial charge in [0.25, 0.3) is 0 Å². The number of aliphatic imine (C=N–C) groups is 1. The average molecular weight is 462 g/mol. The minimum atomic E-state index is -0.574. The van der Waals surface area contributed by atoms with Crippen LogP contribution in [0.3, 0.4) is 0 Å². The van der Waals surface area contributed by atoms with E-state index in [2.05, 4.69) is 4.99 Å². The Balaban J connectivity index is 1.57. The zero-order chi connectivity index (χ0) is 23.5. The lowest BCUT2D eigenvalue weighted by atomic mass is 10.1. The highest BCUT2D eigenvalue weighted by Crippen LogP contribution is 2.31. The Morgan fingerprint density at radius 1 is 1.00 bits per heavy atom. The van der Waals surface area contributed by atoms with Crippen LogP contribution in [-0.2, 0) is 9.53 Å². The molecule has 0 spiro atoms. The van der Waals surface area contributed by atoms with Crippen molar-refractivity contribution in [3.05, 3.63) is 99.2 Å². The summed E-state index contributed by atoms with van der Waals surface area (Å²) >= 11 is 6.17. The first-order chi connectivity index (χ1) is 15.8. The number of rotatable bonds is 5. The molecule has 1 heterocycles. The van der Waals surface area contributed by atoms with E-state index in [1.54, 1.807) is 48.5 Å². The van der Waals surface area contributed by atoms with Gasteiger partial charge < -0.3 is 14.2 Å². The maximum absolute atomic E-state index is 12.4. The van der Waals surface area contributed by atoms with Gasteiger partial charge >= 0.3 is 11.9 Å². The van der Waals surface area contributed by atoms with E-state index in [1.807, 2.05) is 32.0 Å². The number of nitrogens with zero attached hydrogens (tertiary/aromatic N) is 1. The Labute approximate surface area is 196 Å². The molecule has 3 aromatic rings. The fraction of sp³-hybridized carbons (Fsp3) is 0.115. The third-order valence-corrected chi connectivity index (χ3v) is 5.43. The van der Waals surface area contributed by atoms with Crippen LogP contribution in [0.2, 0.25) is 5.02 Å². The third-order valence-electron chi connectivity index (χ3n) is 5.02. The molecule has 0 aromatic heterocycles. The van der Waals surface area contributed by atoms with Crippen molar-refractivity contribution in [2.45, 2.75) is 13.8 Å². The second-order valence-corrected chi connectivity index (χ2v) is 7.87. The molecule has 0 N–H and O–H groups in total. The number of carbonyl (C=O) groups excluding carboxylic acids is 2. The first-order valence-corrected chi connectivity index (χ1v) is 10.5. The van der Waals surface area contributed by atoms with Gasteiger partial charge in [0.15, 0.2) is 17.2 Å². The molecule has 166 valence electrons. The summed E-state index contributed by atoms with van der Waals surface area (Å²) in [5, 5.41) is 0.559. The van der Waals surface area contributed by atoms with Crippen molar-refractivity contribution >= 4 is 35.5 Å². The Morgan fingerprint density at radius 3 is 2.45 bits per heavy atom. The second-order valence-electron chi connectivity index (χ2n) is 7.47. The zero-order valence-electron chi connectivity index (χ0n) is 18.2. The molecule has 0 bridgehead atoms. The number of carbonyl (C=O) groups is 2. The molecule has 0 fully saturated rings. The molecule has 1 aliphatic rings. The normalized spacial score (nSPS) is 14.1. The van der Waals surface area contributed by atoms with Gasteiger partial charge in [0.05, 0.1) is 12.7 Å². The third kappa shape index (κ3) is 4.96. The molecule has 0 aliphatic carbocycles. The maximum Gasteiger partial charge on any atom is 0.363 e. The van der Waals surface area contributed by atoms with E-state index in [0.29, 0.717) is 27.5 Å². The summed E-state index contributed by atoms with van der Waals surface area (Å²) in [5.41, 5.74) is 3.76. The number of hydrogen-bond donors (Lipinski definition) is 0. The maximum atomic E-state index is 12.4. The molecule has 1 aliphatic heterocycles. The fourth-order valence-electron chi connectivity index (χ4n) is 3.12. The predicted octanol–water partition coefficient (Wildman–Crippen LogP) is 5.53. The van der Waals surface area contributed by atoms with Crippen LogP contribution >= 0.6 is 11.6 Å². The van der Waals surface area contributed by atoms with Crippen molar-refractivity contribution in [2.75, 3.05) is 7.11 Å². The first kappa shape index (κ1) is 22.3. The minimum Gasteiger partial charge on any atom is -0.493 e. The molecule has 4 rings (SSSR count). The molecular weight excluding hydrogens is 442 g/mol. The summed E-state index contributed by atoms with van der Waals surface area (Å²) in [5.74, 6) is -0.285. The molecule has 0 unspecified atom stereocenters. The van der Waals surface area contributed by atoms with Gasteiger partial charge in [0, 0.05) is 10.6 Å². The number of benzene rings is 3. The fourth-order valence-corrected chi connectivity index (χ4v) is 3.30. The molecule has 0 saturated carbocycles. The summed E-state index contributed by atoms with van der Waals surface area (Å²) in [6.45, 7) is 3.82. The van der Waals surface area contributed by atoms with Gasteiger partial charge in [-0.2, -0.15) is 0 Å². The van der Waals surface area contributed by atoms with E-state index in [1.165, 1.54) is 7.11 Å². The molecule has 6 nitrogen and oxygen atoms in total. The Kier molecular flexibility index (Phi) is 6.29. The molecule has 3 aromatic carbocycles. The second kappa shape index (κ2) is 9.30. The van der Waals surface area contributed by atoms with Gasteiger partial charge in [0.2, 0.25) is 5.90 Å². The van der Waals surface area contributed by atoms with E-state index in [-0.39, 0.29) is 17.3 Å². The van der Waals surface area contributed by atoms with Crippen molar-refractivity contribution < 1.29 is 23.8 Å². The van der Waals surface area contributed by atoms with Crippen LogP contribution < -0.4 is 9.47 Å². The van der Waals surface area contributed by atoms with Crippen LogP contribution in [0.15, 0.2) is 71.4 Å². The van der Waals surface area contributed by atoms with E-state index in [9.17, 15) is 9.59 Å². The summed E-state index contributed by atoms with van der Waals surface area (Å²) in [6, 6.07) is 17.3. The van der Waals surface area contributed by atoms with Crippen LogP contribution in [-0.4, -0.2) is 24.9 Å². The monoisotopic (exact) mass is 461 g/mol. The summed E-state index contributed by atoms with van der Waals surface area (Å²) in [7, 11) is 1.47. The van der Waals surface area contributed by atoms with Crippen molar-refractivity contribution in [3.8, 4) is 11.5 Å². The Hall–Kier alpha value is -3.90. The van der Waals surface area contributed by atoms with E-state index in [4.69, 9.17) is 25.8 Å². The van der Waals surface area contributed by atoms with E-state index in [0.717, 1.165) is 11.1 Å². The molecule has 0 saturated heterocycles. The number of methoxy groups -OCH3 is 1. The predicted molar refractivity (Wildman–Crippen MR) is 126 cm³/mol. The summed E-state index contributed by atoms with van der Waals surface area (Å²) in [4.78, 5) is 29.1. The van der Waals surface area contributed by atoms with Crippen molar-refractivity contribution in [1.82, 2.24) is 0 Å². The zero-order valence-corrected chi connectivity index (χ0v) is 19.0. The molecule has 0 radical (unpaired) electrons.